The van der Waals surface area contributed by atoms with E-state index >= 15 is 0 Å². The van der Waals surface area contributed by atoms with Crippen LogP contribution in [0.25, 0.3) is 0 Å². The van der Waals surface area contributed by atoms with Gasteiger partial charge in [0.1, 0.15) is 12.6 Å². The highest BCUT2D eigenvalue weighted by atomic mass is 79.9. The van der Waals surface area contributed by atoms with Crippen molar-refractivity contribution < 1.29 is 18.0 Å². The van der Waals surface area contributed by atoms with Gasteiger partial charge in [-0.1, -0.05) is 83.0 Å². The maximum Gasteiger partial charge on any atom is 0.244 e. The van der Waals surface area contributed by atoms with E-state index in [0.29, 0.717) is 21.7 Å². The second-order valence-electron chi connectivity index (χ2n) is 8.89. The Labute approximate surface area is 238 Å². The first kappa shape index (κ1) is 29.7. The highest BCUT2D eigenvalue weighted by molar-refractivity contribution is 9.10. The van der Waals surface area contributed by atoms with Gasteiger partial charge in [0.15, 0.2) is 0 Å². The van der Waals surface area contributed by atoms with Crippen molar-refractivity contribution >= 4 is 55.1 Å². The van der Waals surface area contributed by atoms with Gasteiger partial charge in [-0.25, -0.2) is 8.42 Å². The first-order valence-corrected chi connectivity index (χ1v) is 15.2. The van der Waals surface area contributed by atoms with E-state index in [1.54, 1.807) is 48.5 Å². The molecule has 3 rings (SSSR count). The normalized spacial score (nSPS) is 12.0. The van der Waals surface area contributed by atoms with E-state index < -0.39 is 28.5 Å². The smallest absolute Gasteiger partial charge is 0.244 e. The molecule has 0 radical (unpaired) electrons. The number of benzene rings is 3. The molecule has 0 saturated heterocycles. The van der Waals surface area contributed by atoms with Crippen LogP contribution in [0.1, 0.15) is 24.5 Å². The van der Waals surface area contributed by atoms with E-state index in [4.69, 9.17) is 11.6 Å². The Kier molecular flexibility index (Phi) is 10.8. The molecule has 1 N–H and O–H groups in total. The molecule has 0 fully saturated rings. The average Bonchev–Trinajstić information content (AvgIpc) is 2.88. The van der Waals surface area contributed by atoms with Crippen LogP contribution in [0.5, 0.6) is 0 Å². The van der Waals surface area contributed by atoms with Crippen LogP contribution in [0.2, 0.25) is 5.02 Å². The molecule has 2 amide bonds. The van der Waals surface area contributed by atoms with Crippen LogP contribution in [0.3, 0.4) is 0 Å². The number of carbonyl (C=O) groups excluding carboxylic acids is 2. The Hall–Kier alpha value is -2.88. The summed E-state index contributed by atoms with van der Waals surface area (Å²) in [6, 6.07) is 22.3. The highest BCUT2D eigenvalue weighted by Gasteiger charge is 2.33. The molecule has 0 aliphatic rings. The van der Waals surface area contributed by atoms with Crippen molar-refractivity contribution in [1.29, 1.82) is 0 Å². The van der Waals surface area contributed by atoms with Gasteiger partial charge in [-0.3, -0.25) is 13.9 Å². The Morgan fingerprint density at radius 3 is 2.26 bits per heavy atom. The van der Waals surface area contributed by atoms with Crippen molar-refractivity contribution in [3.05, 3.63) is 99.5 Å². The fraction of sp³-hybridized carbons (Fsp3) is 0.286. The molecule has 38 heavy (non-hydrogen) atoms. The van der Waals surface area contributed by atoms with Gasteiger partial charge >= 0.3 is 0 Å². The number of amides is 2. The molecule has 202 valence electrons. The number of nitrogens with zero attached hydrogens (tertiary/aromatic N) is 2. The lowest BCUT2D eigenvalue weighted by atomic mass is 10.0. The zero-order valence-corrected chi connectivity index (χ0v) is 24.5. The summed E-state index contributed by atoms with van der Waals surface area (Å²) < 4.78 is 27.3. The Morgan fingerprint density at radius 2 is 1.66 bits per heavy atom. The van der Waals surface area contributed by atoms with Crippen molar-refractivity contribution in [2.24, 2.45) is 0 Å². The number of nitrogens with one attached hydrogen (secondary N) is 1. The third-order valence-corrected chi connectivity index (χ3v) is 7.75. The third-order valence-electron chi connectivity index (χ3n) is 5.86. The van der Waals surface area contributed by atoms with Crippen LogP contribution < -0.4 is 9.62 Å². The lowest BCUT2D eigenvalue weighted by Gasteiger charge is -2.33. The molecule has 0 saturated carbocycles. The molecule has 10 heteroatoms. The lowest BCUT2D eigenvalue weighted by molar-refractivity contribution is -0.140. The standard InChI is InChI=1S/C28H31BrClN3O4S/c1-3-16-31-28(35)26(17-21-8-5-4-6-9-21)32(19-22-12-14-24(30)15-13-22)27(34)20-33(38(2,36)37)25-11-7-10-23(29)18-25/h4-15,18,26H,3,16-17,19-20H2,1-2H3,(H,31,35)/t26-/m0/s1. The highest BCUT2D eigenvalue weighted by Crippen LogP contribution is 2.23. The molecule has 0 spiro atoms. The Balaban J connectivity index is 2.03. The van der Waals surface area contributed by atoms with Crippen LogP contribution in [0, 0.1) is 0 Å². The number of hydrogen-bond donors (Lipinski definition) is 1. The average molecular weight is 621 g/mol. The van der Waals surface area contributed by atoms with Crippen molar-refractivity contribution in [2.45, 2.75) is 32.4 Å². The summed E-state index contributed by atoms with van der Waals surface area (Å²) in [6.45, 7) is 2.05. The van der Waals surface area contributed by atoms with Gasteiger partial charge in [0.05, 0.1) is 11.9 Å². The lowest BCUT2D eigenvalue weighted by Crippen LogP contribution is -2.53. The molecular weight excluding hydrogens is 590 g/mol. The van der Waals surface area contributed by atoms with Crippen LogP contribution in [0.4, 0.5) is 5.69 Å². The van der Waals surface area contributed by atoms with E-state index in [0.717, 1.165) is 28.1 Å². The quantitative estimate of drug-likeness (QED) is 0.308. The van der Waals surface area contributed by atoms with Gasteiger partial charge in [-0.15, -0.1) is 0 Å². The van der Waals surface area contributed by atoms with E-state index in [-0.39, 0.29) is 18.9 Å². The molecule has 0 aromatic heterocycles. The molecule has 3 aromatic rings. The van der Waals surface area contributed by atoms with Crippen LogP contribution in [-0.2, 0) is 32.6 Å². The monoisotopic (exact) mass is 619 g/mol. The van der Waals surface area contributed by atoms with Gasteiger partial charge in [0.2, 0.25) is 21.8 Å². The Morgan fingerprint density at radius 1 is 0.974 bits per heavy atom. The van der Waals surface area contributed by atoms with Gasteiger partial charge in [-0.2, -0.15) is 0 Å². The van der Waals surface area contributed by atoms with Crippen LogP contribution in [-0.4, -0.2) is 50.5 Å². The summed E-state index contributed by atoms with van der Waals surface area (Å²) in [5.41, 5.74) is 1.99. The fourth-order valence-corrected chi connectivity index (χ4v) is 5.31. The summed E-state index contributed by atoms with van der Waals surface area (Å²) in [4.78, 5) is 28.8. The Bertz CT molecular complexity index is 1340. The minimum atomic E-state index is -3.81. The molecular formula is C28H31BrClN3O4S. The summed E-state index contributed by atoms with van der Waals surface area (Å²) in [5.74, 6) is -0.802. The fourth-order valence-electron chi connectivity index (χ4n) is 3.95. The first-order chi connectivity index (χ1) is 18.1. The van der Waals surface area contributed by atoms with E-state index in [1.807, 2.05) is 37.3 Å². The van der Waals surface area contributed by atoms with Gasteiger partial charge in [0, 0.05) is 29.0 Å². The largest absolute Gasteiger partial charge is 0.354 e. The number of rotatable bonds is 12. The van der Waals surface area contributed by atoms with Crippen molar-refractivity contribution in [3.8, 4) is 0 Å². The summed E-state index contributed by atoms with van der Waals surface area (Å²) in [5, 5.41) is 3.46. The summed E-state index contributed by atoms with van der Waals surface area (Å²) in [6.07, 6.45) is 2.06. The van der Waals surface area contributed by atoms with Gasteiger partial charge in [-0.05, 0) is 47.9 Å². The van der Waals surface area contributed by atoms with E-state index in [9.17, 15) is 18.0 Å². The number of anilines is 1. The zero-order chi connectivity index (χ0) is 27.7. The predicted octanol–water partition coefficient (Wildman–Crippen LogP) is 5.03. The maximum atomic E-state index is 13.9. The zero-order valence-electron chi connectivity index (χ0n) is 21.3. The van der Waals surface area contributed by atoms with Crippen LogP contribution >= 0.6 is 27.5 Å². The minimum Gasteiger partial charge on any atom is -0.354 e. The van der Waals surface area contributed by atoms with Gasteiger partial charge < -0.3 is 10.2 Å². The topological polar surface area (TPSA) is 86.8 Å². The van der Waals surface area contributed by atoms with E-state index in [2.05, 4.69) is 21.2 Å². The second-order valence-corrected chi connectivity index (χ2v) is 12.2. The number of carbonyl (C=O) groups is 2. The van der Waals surface area contributed by atoms with Crippen molar-refractivity contribution in [1.82, 2.24) is 10.2 Å². The van der Waals surface area contributed by atoms with Gasteiger partial charge in [0.25, 0.3) is 0 Å². The molecule has 0 bridgehead atoms. The molecule has 0 heterocycles. The molecule has 0 aliphatic carbocycles. The molecule has 3 aromatic carbocycles. The second kappa shape index (κ2) is 13.8. The maximum absolute atomic E-state index is 13.9. The first-order valence-electron chi connectivity index (χ1n) is 12.2. The van der Waals surface area contributed by atoms with Crippen LogP contribution in [0.15, 0.2) is 83.3 Å². The third kappa shape index (κ3) is 8.58. The molecule has 0 aliphatic heterocycles. The predicted molar refractivity (Wildman–Crippen MR) is 156 cm³/mol. The number of hydrogen-bond acceptors (Lipinski definition) is 4. The SMILES string of the molecule is CCCNC(=O)[C@H](Cc1ccccc1)N(Cc1ccc(Cl)cc1)C(=O)CN(c1cccc(Br)c1)S(C)(=O)=O. The number of halogens is 2. The summed E-state index contributed by atoms with van der Waals surface area (Å²) >= 11 is 9.43. The summed E-state index contributed by atoms with van der Waals surface area (Å²) in [7, 11) is -3.81. The number of sulfonamides is 1. The van der Waals surface area contributed by atoms with Crippen molar-refractivity contribution in [3.63, 3.8) is 0 Å². The molecule has 7 nitrogen and oxygen atoms in total. The van der Waals surface area contributed by atoms with Crippen molar-refractivity contribution in [2.75, 3.05) is 23.7 Å². The van der Waals surface area contributed by atoms with E-state index in [1.165, 1.54) is 4.90 Å². The molecule has 1 atom stereocenters. The minimum absolute atomic E-state index is 0.100. The molecule has 0 unspecified atom stereocenters.